The summed E-state index contributed by atoms with van der Waals surface area (Å²) in [7, 11) is 2.26. The summed E-state index contributed by atoms with van der Waals surface area (Å²) in [5.74, 6) is 1.77. The van der Waals surface area contributed by atoms with E-state index in [-0.39, 0.29) is 0 Å². The lowest BCUT2D eigenvalue weighted by Gasteiger charge is -2.32. The second kappa shape index (κ2) is 6.73. The van der Waals surface area contributed by atoms with E-state index in [9.17, 15) is 0 Å². The highest BCUT2D eigenvalue weighted by molar-refractivity contribution is 4.88. The smallest absolute Gasteiger partial charge is 0.0594 e. The zero-order valence-electron chi connectivity index (χ0n) is 13.3. The average molecular weight is 281 g/mol. The van der Waals surface area contributed by atoms with Gasteiger partial charge in [0.25, 0.3) is 0 Å². The van der Waals surface area contributed by atoms with Gasteiger partial charge in [-0.1, -0.05) is 0 Å². The molecular weight excluding hydrogens is 250 g/mol. The monoisotopic (exact) mass is 281 g/mol. The van der Waals surface area contributed by atoms with E-state index in [0.717, 1.165) is 44.2 Å². The van der Waals surface area contributed by atoms with Crippen molar-refractivity contribution in [3.8, 4) is 0 Å². The van der Waals surface area contributed by atoms with Crippen LogP contribution in [0, 0.1) is 11.8 Å². The van der Waals surface area contributed by atoms with Crippen LogP contribution in [0.4, 0.5) is 0 Å². The Morgan fingerprint density at radius 3 is 2.50 bits per heavy atom. The van der Waals surface area contributed by atoms with Crippen LogP contribution in [-0.2, 0) is 4.74 Å². The van der Waals surface area contributed by atoms with Crippen LogP contribution in [0.1, 0.15) is 19.8 Å². The molecule has 116 valence electrons. The van der Waals surface area contributed by atoms with Crippen molar-refractivity contribution in [2.24, 2.45) is 11.8 Å². The van der Waals surface area contributed by atoms with Gasteiger partial charge in [0, 0.05) is 38.8 Å². The minimum Gasteiger partial charge on any atom is -0.379 e. The van der Waals surface area contributed by atoms with Gasteiger partial charge in [-0.2, -0.15) is 0 Å². The number of hydrogen-bond acceptors (Lipinski definition) is 4. The maximum atomic E-state index is 5.45. The molecule has 3 fully saturated rings. The molecule has 0 aromatic heterocycles. The highest BCUT2D eigenvalue weighted by Crippen LogP contribution is 2.27. The first-order chi connectivity index (χ1) is 9.72. The number of morpholine rings is 1. The average Bonchev–Trinajstić information content (AvgIpc) is 3.01. The van der Waals surface area contributed by atoms with Crippen molar-refractivity contribution in [2.45, 2.75) is 25.8 Å². The van der Waals surface area contributed by atoms with E-state index in [0.29, 0.717) is 0 Å². The van der Waals surface area contributed by atoms with E-state index in [1.54, 1.807) is 0 Å². The molecule has 0 aliphatic carbocycles. The van der Waals surface area contributed by atoms with E-state index in [1.807, 2.05) is 0 Å². The Kier molecular flexibility index (Phi) is 4.97. The van der Waals surface area contributed by atoms with Crippen molar-refractivity contribution < 1.29 is 4.74 Å². The predicted octanol–water partition coefficient (Wildman–Crippen LogP) is 0.981. The lowest BCUT2D eigenvalue weighted by Crippen LogP contribution is -2.42. The molecule has 0 spiro atoms. The summed E-state index contributed by atoms with van der Waals surface area (Å²) in [5, 5.41) is 0. The number of hydrogen-bond donors (Lipinski definition) is 0. The summed E-state index contributed by atoms with van der Waals surface area (Å²) in [6, 6.07) is 0.767. The molecule has 0 N–H and O–H groups in total. The van der Waals surface area contributed by atoms with Gasteiger partial charge in [-0.3, -0.25) is 4.90 Å². The van der Waals surface area contributed by atoms with Crippen molar-refractivity contribution in [3.05, 3.63) is 0 Å². The lowest BCUT2D eigenvalue weighted by molar-refractivity contribution is 0.0281. The zero-order valence-corrected chi connectivity index (χ0v) is 13.3. The first kappa shape index (κ1) is 14.8. The molecule has 0 aromatic carbocycles. The maximum absolute atomic E-state index is 5.45. The lowest BCUT2D eigenvalue weighted by atomic mass is 10.0. The third-order valence-electron chi connectivity index (χ3n) is 5.62. The SMILES string of the molecule is CC1C(CN2CCOCC2)CCN1CC1CCN(C)C1. The Bertz CT molecular complexity index is 291. The van der Waals surface area contributed by atoms with Gasteiger partial charge in [0.2, 0.25) is 0 Å². The minimum absolute atomic E-state index is 0.767. The Morgan fingerprint density at radius 1 is 1.00 bits per heavy atom. The van der Waals surface area contributed by atoms with E-state index in [4.69, 9.17) is 4.74 Å². The van der Waals surface area contributed by atoms with Gasteiger partial charge >= 0.3 is 0 Å². The van der Waals surface area contributed by atoms with Gasteiger partial charge in [-0.25, -0.2) is 0 Å². The fraction of sp³-hybridized carbons (Fsp3) is 1.00. The Hall–Kier alpha value is -0.160. The Labute approximate surface area is 124 Å². The molecule has 3 atom stereocenters. The van der Waals surface area contributed by atoms with Gasteiger partial charge in [-0.05, 0) is 51.7 Å². The third-order valence-corrected chi connectivity index (χ3v) is 5.62. The van der Waals surface area contributed by atoms with Crippen molar-refractivity contribution in [1.29, 1.82) is 0 Å². The number of likely N-dealkylation sites (tertiary alicyclic amines) is 2. The van der Waals surface area contributed by atoms with Crippen molar-refractivity contribution in [3.63, 3.8) is 0 Å². The Balaban J connectivity index is 1.45. The van der Waals surface area contributed by atoms with Gasteiger partial charge in [0.1, 0.15) is 0 Å². The van der Waals surface area contributed by atoms with E-state index in [1.165, 1.54) is 45.6 Å². The maximum Gasteiger partial charge on any atom is 0.0594 e. The second-order valence-corrected chi connectivity index (χ2v) is 7.11. The summed E-state index contributed by atoms with van der Waals surface area (Å²) in [4.78, 5) is 7.85. The Morgan fingerprint density at radius 2 is 1.80 bits per heavy atom. The molecule has 20 heavy (non-hydrogen) atoms. The molecule has 3 unspecified atom stereocenters. The summed E-state index contributed by atoms with van der Waals surface area (Å²) in [6.45, 7) is 13.1. The summed E-state index contributed by atoms with van der Waals surface area (Å²) in [6.07, 6.45) is 2.79. The molecule has 3 aliphatic rings. The predicted molar refractivity (Wildman–Crippen MR) is 82.0 cm³/mol. The molecule has 0 amide bonds. The standard InChI is InChI=1S/C16H31N3O/c1-14-16(13-18-7-9-20-10-8-18)4-6-19(14)12-15-3-5-17(2)11-15/h14-16H,3-13H2,1-2H3. The van der Waals surface area contributed by atoms with Crippen LogP contribution in [0.15, 0.2) is 0 Å². The van der Waals surface area contributed by atoms with Crippen LogP contribution in [0.2, 0.25) is 0 Å². The van der Waals surface area contributed by atoms with Crippen molar-refractivity contribution in [1.82, 2.24) is 14.7 Å². The highest BCUT2D eigenvalue weighted by atomic mass is 16.5. The number of rotatable bonds is 4. The molecule has 0 aromatic rings. The fourth-order valence-corrected chi connectivity index (χ4v) is 4.20. The third kappa shape index (κ3) is 3.53. The topological polar surface area (TPSA) is 19.0 Å². The molecule has 3 rings (SSSR count). The zero-order chi connectivity index (χ0) is 13.9. The van der Waals surface area contributed by atoms with Crippen LogP contribution in [0.5, 0.6) is 0 Å². The highest BCUT2D eigenvalue weighted by Gasteiger charge is 2.34. The van der Waals surface area contributed by atoms with Gasteiger partial charge in [0.15, 0.2) is 0 Å². The molecule has 0 radical (unpaired) electrons. The molecular formula is C16H31N3O. The van der Waals surface area contributed by atoms with Gasteiger partial charge in [0.05, 0.1) is 13.2 Å². The van der Waals surface area contributed by atoms with Crippen LogP contribution in [0.3, 0.4) is 0 Å². The van der Waals surface area contributed by atoms with E-state index in [2.05, 4.69) is 28.7 Å². The van der Waals surface area contributed by atoms with Crippen LogP contribution < -0.4 is 0 Å². The molecule has 3 aliphatic heterocycles. The molecule has 4 nitrogen and oxygen atoms in total. The fourth-order valence-electron chi connectivity index (χ4n) is 4.20. The first-order valence-electron chi connectivity index (χ1n) is 8.45. The van der Waals surface area contributed by atoms with Crippen LogP contribution >= 0.6 is 0 Å². The normalized spacial score (nSPS) is 37.8. The summed E-state index contributed by atoms with van der Waals surface area (Å²) >= 11 is 0. The van der Waals surface area contributed by atoms with Crippen LogP contribution in [0.25, 0.3) is 0 Å². The van der Waals surface area contributed by atoms with Crippen molar-refractivity contribution >= 4 is 0 Å². The van der Waals surface area contributed by atoms with Crippen molar-refractivity contribution in [2.75, 3.05) is 66.1 Å². The molecule has 4 heteroatoms. The number of ether oxygens (including phenoxy) is 1. The molecule has 3 heterocycles. The van der Waals surface area contributed by atoms with Crippen LogP contribution in [-0.4, -0.2) is 86.8 Å². The summed E-state index contributed by atoms with van der Waals surface area (Å²) in [5.41, 5.74) is 0. The molecule has 0 bridgehead atoms. The summed E-state index contributed by atoms with van der Waals surface area (Å²) < 4.78 is 5.45. The minimum atomic E-state index is 0.767. The van der Waals surface area contributed by atoms with E-state index < -0.39 is 0 Å². The largest absolute Gasteiger partial charge is 0.379 e. The second-order valence-electron chi connectivity index (χ2n) is 7.11. The molecule has 3 saturated heterocycles. The quantitative estimate of drug-likeness (QED) is 0.764. The van der Waals surface area contributed by atoms with Gasteiger partial charge < -0.3 is 14.5 Å². The molecule has 0 saturated carbocycles. The van der Waals surface area contributed by atoms with E-state index >= 15 is 0 Å². The number of nitrogens with zero attached hydrogens (tertiary/aromatic N) is 3. The van der Waals surface area contributed by atoms with Gasteiger partial charge in [-0.15, -0.1) is 0 Å². The first-order valence-corrected chi connectivity index (χ1v) is 8.45.